The molecule has 3 heterocycles. The third-order valence-corrected chi connectivity index (χ3v) is 6.25. The molecule has 0 fully saturated rings. The van der Waals surface area contributed by atoms with Crippen LogP contribution in [0.1, 0.15) is 45.4 Å². The summed E-state index contributed by atoms with van der Waals surface area (Å²) in [7, 11) is 0. The highest BCUT2D eigenvalue weighted by Crippen LogP contribution is 2.25. The minimum absolute atomic E-state index is 0.0128. The number of carbonyl (C=O) groups excluding carboxylic acids is 1. The Morgan fingerprint density at radius 3 is 2.76 bits per heavy atom. The molecule has 0 unspecified atom stereocenters. The zero-order valence-electron chi connectivity index (χ0n) is 19.4. The lowest BCUT2D eigenvalue weighted by atomic mass is 10.0. The van der Waals surface area contributed by atoms with Crippen LogP contribution in [0.15, 0.2) is 64.0 Å². The molecule has 1 aliphatic rings. The summed E-state index contributed by atoms with van der Waals surface area (Å²) in [5, 5.41) is 5.25. The van der Waals surface area contributed by atoms with Crippen LogP contribution in [0.2, 0.25) is 0 Å². The van der Waals surface area contributed by atoms with Crippen LogP contribution in [0.3, 0.4) is 0 Å². The van der Waals surface area contributed by atoms with Crippen LogP contribution in [0, 0.1) is 6.92 Å². The molecule has 1 aliphatic heterocycles. The molecule has 0 radical (unpaired) electrons. The van der Waals surface area contributed by atoms with E-state index in [0.29, 0.717) is 48.5 Å². The summed E-state index contributed by atoms with van der Waals surface area (Å²) < 4.78 is 12.9. The Morgan fingerprint density at radius 2 is 1.97 bits per heavy atom. The molecule has 7 nitrogen and oxygen atoms in total. The lowest BCUT2D eigenvalue weighted by Gasteiger charge is -2.27. The summed E-state index contributed by atoms with van der Waals surface area (Å²) in [4.78, 5) is 27.9. The lowest BCUT2D eigenvalue weighted by Crippen LogP contribution is -2.33. The average molecular weight is 458 g/mol. The van der Waals surface area contributed by atoms with E-state index in [-0.39, 0.29) is 5.43 Å². The first kappa shape index (κ1) is 22.1. The van der Waals surface area contributed by atoms with E-state index in [0.717, 1.165) is 35.3 Å². The Bertz CT molecular complexity index is 1400. The fourth-order valence-corrected chi connectivity index (χ4v) is 4.57. The number of benzene rings is 2. The Morgan fingerprint density at radius 1 is 1.15 bits per heavy atom. The van der Waals surface area contributed by atoms with Gasteiger partial charge in [0.2, 0.25) is 0 Å². The molecule has 0 spiro atoms. The number of aryl methyl sites for hydroxylation is 1. The predicted octanol–water partition coefficient (Wildman–Crippen LogP) is 4.08. The van der Waals surface area contributed by atoms with Crippen molar-refractivity contribution in [3.8, 4) is 0 Å². The summed E-state index contributed by atoms with van der Waals surface area (Å²) in [5.74, 6) is -0.409. The van der Waals surface area contributed by atoms with Crippen molar-refractivity contribution in [2.45, 2.75) is 39.9 Å². The summed E-state index contributed by atoms with van der Waals surface area (Å²) in [5.41, 5.74) is 5.60. The van der Waals surface area contributed by atoms with Gasteiger partial charge in [-0.1, -0.05) is 42.0 Å². The number of hydrogen-bond donors (Lipinski definition) is 0. The van der Waals surface area contributed by atoms with E-state index in [9.17, 15) is 9.59 Å². The topological polar surface area (TPSA) is 77.6 Å². The second kappa shape index (κ2) is 9.27. The average Bonchev–Trinajstić information content (AvgIpc) is 3.20. The minimum atomic E-state index is -0.409. The molecule has 0 saturated heterocycles. The normalized spacial score (nSPS) is 13.7. The molecule has 0 atom stereocenters. The van der Waals surface area contributed by atoms with Crippen molar-refractivity contribution >= 4 is 16.9 Å². The SMILES string of the molecule is CCOC(=O)c1nn(Cc2ccccc2)c2c1CN(Cc1coc3ccc(C)cc3c1=O)CC2. The van der Waals surface area contributed by atoms with Gasteiger partial charge >= 0.3 is 5.97 Å². The van der Waals surface area contributed by atoms with Gasteiger partial charge in [0.05, 0.1) is 24.8 Å². The largest absolute Gasteiger partial charge is 0.464 e. The van der Waals surface area contributed by atoms with Crippen molar-refractivity contribution in [2.75, 3.05) is 13.2 Å². The van der Waals surface area contributed by atoms with E-state index in [1.165, 1.54) is 0 Å². The lowest BCUT2D eigenvalue weighted by molar-refractivity contribution is 0.0515. The standard InChI is InChI=1S/C27H27N3O4/c1-3-33-27(32)25-22-16-29(12-11-23(22)30(28-25)14-19-7-5-4-6-8-19)15-20-17-34-24-10-9-18(2)13-21(24)26(20)31/h4-10,13,17H,3,11-12,14-16H2,1-2H3. The third-order valence-electron chi connectivity index (χ3n) is 6.25. The molecule has 174 valence electrons. The molecule has 0 amide bonds. The van der Waals surface area contributed by atoms with Crippen LogP contribution < -0.4 is 5.43 Å². The Labute approximate surface area is 197 Å². The first-order valence-electron chi connectivity index (χ1n) is 11.6. The van der Waals surface area contributed by atoms with Crippen molar-refractivity contribution in [2.24, 2.45) is 0 Å². The number of rotatable bonds is 6. The second-order valence-corrected chi connectivity index (χ2v) is 8.69. The fourth-order valence-electron chi connectivity index (χ4n) is 4.57. The van der Waals surface area contributed by atoms with E-state index in [4.69, 9.17) is 9.15 Å². The highest BCUT2D eigenvalue weighted by Gasteiger charge is 2.29. The van der Waals surface area contributed by atoms with Gasteiger partial charge in [0.15, 0.2) is 11.1 Å². The maximum atomic E-state index is 13.1. The number of hydrogen-bond acceptors (Lipinski definition) is 6. The van der Waals surface area contributed by atoms with Crippen molar-refractivity contribution in [3.63, 3.8) is 0 Å². The van der Waals surface area contributed by atoms with Gasteiger partial charge in [-0.2, -0.15) is 5.10 Å². The highest BCUT2D eigenvalue weighted by atomic mass is 16.5. The Kier molecular flexibility index (Phi) is 6.02. The summed E-state index contributed by atoms with van der Waals surface area (Å²) >= 11 is 0. The van der Waals surface area contributed by atoms with Crippen LogP contribution in [0.25, 0.3) is 11.0 Å². The molecule has 7 heteroatoms. The smallest absolute Gasteiger partial charge is 0.359 e. The van der Waals surface area contributed by atoms with Crippen LogP contribution in [-0.4, -0.2) is 33.8 Å². The molecule has 0 saturated carbocycles. The number of esters is 1. The minimum Gasteiger partial charge on any atom is -0.464 e. The molecule has 0 bridgehead atoms. The molecule has 0 aliphatic carbocycles. The van der Waals surface area contributed by atoms with E-state index in [2.05, 4.69) is 10.00 Å². The van der Waals surface area contributed by atoms with Crippen LogP contribution in [0.5, 0.6) is 0 Å². The molecule has 34 heavy (non-hydrogen) atoms. The molecule has 5 rings (SSSR count). The summed E-state index contributed by atoms with van der Waals surface area (Å²) in [6.45, 7) is 6.35. The van der Waals surface area contributed by atoms with E-state index < -0.39 is 5.97 Å². The van der Waals surface area contributed by atoms with Crippen molar-refractivity contribution in [1.29, 1.82) is 0 Å². The van der Waals surface area contributed by atoms with Crippen LogP contribution >= 0.6 is 0 Å². The first-order chi connectivity index (χ1) is 16.5. The van der Waals surface area contributed by atoms with Gasteiger partial charge in [0.25, 0.3) is 0 Å². The number of ether oxygens (including phenoxy) is 1. The van der Waals surface area contributed by atoms with Gasteiger partial charge in [-0.3, -0.25) is 14.4 Å². The van der Waals surface area contributed by atoms with Gasteiger partial charge in [-0.25, -0.2) is 4.79 Å². The van der Waals surface area contributed by atoms with E-state index in [1.54, 1.807) is 13.2 Å². The van der Waals surface area contributed by atoms with Crippen LogP contribution in [0.4, 0.5) is 0 Å². The monoisotopic (exact) mass is 457 g/mol. The second-order valence-electron chi connectivity index (χ2n) is 8.69. The summed E-state index contributed by atoms with van der Waals surface area (Å²) in [6, 6.07) is 15.7. The molecule has 4 aromatic rings. The number of carbonyl (C=O) groups is 1. The molecular weight excluding hydrogens is 430 g/mol. The predicted molar refractivity (Wildman–Crippen MR) is 129 cm³/mol. The molecule has 2 aromatic heterocycles. The van der Waals surface area contributed by atoms with Gasteiger partial charge in [-0.05, 0) is 31.5 Å². The zero-order valence-corrected chi connectivity index (χ0v) is 19.4. The van der Waals surface area contributed by atoms with Gasteiger partial charge < -0.3 is 9.15 Å². The van der Waals surface area contributed by atoms with Gasteiger partial charge in [0.1, 0.15) is 5.58 Å². The van der Waals surface area contributed by atoms with Crippen molar-refractivity contribution in [3.05, 3.63) is 98.7 Å². The van der Waals surface area contributed by atoms with Crippen LogP contribution in [-0.2, 0) is 30.8 Å². The molecule has 0 N–H and O–H groups in total. The Hall–Kier alpha value is -3.71. The third kappa shape index (κ3) is 4.26. The molecule has 2 aromatic carbocycles. The maximum Gasteiger partial charge on any atom is 0.359 e. The molecular formula is C27H27N3O4. The summed E-state index contributed by atoms with van der Waals surface area (Å²) in [6.07, 6.45) is 2.28. The maximum absolute atomic E-state index is 13.1. The van der Waals surface area contributed by atoms with Gasteiger partial charge in [-0.15, -0.1) is 0 Å². The fraction of sp³-hybridized carbons (Fsp3) is 0.296. The van der Waals surface area contributed by atoms with Crippen molar-refractivity contribution < 1.29 is 13.9 Å². The van der Waals surface area contributed by atoms with Crippen molar-refractivity contribution in [1.82, 2.24) is 14.7 Å². The van der Waals surface area contributed by atoms with E-state index in [1.807, 2.05) is 60.1 Å². The van der Waals surface area contributed by atoms with Gasteiger partial charge in [0, 0.05) is 42.9 Å². The zero-order chi connectivity index (χ0) is 23.7. The highest BCUT2D eigenvalue weighted by molar-refractivity contribution is 5.89. The number of fused-ring (bicyclic) bond motifs is 2. The number of nitrogens with zero attached hydrogens (tertiary/aromatic N) is 3. The first-order valence-corrected chi connectivity index (χ1v) is 11.6. The number of aromatic nitrogens is 2. The Balaban J connectivity index is 1.45. The quantitative estimate of drug-likeness (QED) is 0.406. The van der Waals surface area contributed by atoms with E-state index >= 15 is 0 Å².